The molecule has 0 rings (SSSR count). The summed E-state index contributed by atoms with van der Waals surface area (Å²) in [6, 6.07) is 0. The van der Waals surface area contributed by atoms with Crippen LogP contribution in [0.4, 0.5) is 0 Å². The molecule has 0 aromatic carbocycles. The Morgan fingerprint density at radius 1 is 0.320 bits per heavy atom. The van der Waals surface area contributed by atoms with Crippen molar-refractivity contribution in [2.45, 2.75) is 380 Å². The van der Waals surface area contributed by atoms with Gasteiger partial charge in [0.15, 0.2) is 6.10 Å². The average Bonchev–Trinajstić information content (AvgIpc) is 1.65. The molecular weight excluding hydrogens is 1250 g/mol. The van der Waals surface area contributed by atoms with E-state index < -0.39 is 26.5 Å². The van der Waals surface area contributed by atoms with Gasteiger partial charge in [0.05, 0.1) is 27.7 Å². The lowest BCUT2D eigenvalue weighted by molar-refractivity contribution is -0.870. The summed E-state index contributed by atoms with van der Waals surface area (Å²) in [5.41, 5.74) is 0. The standard InChI is InChI=1S/C90H158NO8P/c1-6-8-10-12-14-16-18-20-22-24-26-28-30-32-34-36-38-40-42-43-44-45-46-47-49-50-52-54-56-58-60-62-64-66-68-70-72-74-76-78-80-82-89(92)96-86-88(87-98-100(94,95)97-85-84-91(3,4)5)99-90(93)83-81-79-77-75-73-71-69-67-65-63-61-59-57-55-53-51-48-41-39-37-35-33-31-29-27-25-23-21-19-17-15-13-11-9-7-2/h9,11,15,17-18,20-21,23-24,26-27,29-30,32-33,35,39,41,51,53,57,59,88H,6-8,10,12-14,16,19,22,25,28,31,34,36-38,40,42-50,52,54-56,58,60-87H2,1-5H3/p+1/b11-9-,17-15-,20-18-,23-21-,26-24-,29-27-,32-30-,35-33-,41-39-,53-51-,59-57-. The van der Waals surface area contributed by atoms with Gasteiger partial charge in [0.25, 0.3) is 0 Å². The van der Waals surface area contributed by atoms with E-state index in [4.69, 9.17) is 18.5 Å². The maximum atomic E-state index is 12.9. The van der Waals surface area contributed by atoms with Crippen molar-refractivity contribution in [2.75, 3.05) is 47.5 Å². The number of carbonyl (C=O) groups is 2. The molecule has 0 radical (unpaired) electrons. The SMILES string of the molecule is CC/C=C\C/C=C\C/C=C\C/C=C\C/C=C\C/C=C\C/C=C\C/C=C\CCCCCCCCCCCCC(=O)OC(COC(=O)CCCCCCCCCCCCCCCCCCCCCCCCCCCC/C=C\C/C=C\C/C=C\CCCCCCC)COP(=O)(O)OCC[N+](C)(C)C. The second-order valence-electron chi connectivity index (χ2n) is 29.1. The Morgan fingerprint density at radius 3 is 0.850 bits per heavy atom. The van der Waals surface area contributed by atoms with E-state index in [1.54, 1.807) is 0 Å². The number of nitrogens with zero attached hydrogens (tertiary/aromatic N) is 1. The van der Waals surface area contributed by atoms with E-state index in [2.05, 4.69) is 148 Å². The van der Waals surface area contributed by atoms with Gasteiger partial charge in [0, 0.05) is 12.8 Å². The fourth-order valence-corrected chi connectivity index (χ4v) is 12.6. The number of rotatable bonds is 77. The van der Waals surface area contributed by atoms with Crippen LogP contribution in [0.25, 0.3) is 0 Å². The van der Waals surface area contributed by atoms with Crippen LogP contribution in [0.15, 0.2) is 134 Å². The molecule has 0 aromatic rings. The third-order valence-corrected chi connectivity index (χ3v) is 19.1. The van der Waals surface area contributed by atoms with Crippen LogP contribution in [0.3, 0.4) is 0 Å². The van der Waals surface area contributed by atoms with Gasteiger partial charge < -0.3 is 18.9 Å². The van der Waals surface area contributed by atoms with Crippen LogP contribution in [0.1, 0.15) is 373 Å². The third kappa shape index (κ3) is 83.1. The van der Waals surface area contributed by atoms with Crippen molar-refractivity contribution >= 4 is 19.8 Å². The summed E-state index contributed by atoms with van der Waals surface area (Å²) in [6.45, 7) is 4.34. The van der Waals surface area contributed by atoms with Crippen molar-refractivity contribution in [1.82, 2.24) is 0 Å². The van der Waals surface area contributed by atoms with E-state index in [9.17, 15) is 19.0 Å². The first-order valence-electron chi connectivity index (χ1n) is 41.9. The zero-order chi connectivity index (χ0) is 72.5. The summed E-state index contributed by atoms with van der Waals surface area (Å²) in [7, 11) is 1.48. The van der Waals surface area contributed by atoms with Gasteiger partial charge in [-0.15, -0.1) is 0 Å². The zero-order valence-corrected chi connectivity index (χ0v) is 66.8. The number of hydrogen-bond acceptors (Lipinski definition) is 7. The Kier molecular flexibility index (Phi) is 76.2. The lowest BCUT2D eigenvalue weighted by Gasteiger charge is -2.24. The lowest BCUT2D eigenvalue weighted by Crippen LogP contribution is -2.37. The molecule has 1 N–H and O–H groups in total. The Bertz CT molecular complexity index is 2160. The number of likely N-dealkylation sites (N-methyl/N-ethyl adjacent to an activating group) is 1. The summed E-state index contributed by atoms with van der Waals surface area (Å²) < 4.78 is 34.8. The quantitative estimate of drug-likeness (QED) is 0.0211. The highest BCUT2D eigenvalue weighted by atomic mass is 31.2. The maximum absolute atomic E-state index is 12.9. The van der Waals surface area contributed by atoms with E-state index >= 15 is 0 Å². The van der Waals surface area contributed by atoms with Crippen LogP contribution in [-0.2, 0) is 32.7 Å². The number of phosphoric acid groups is 1. The van der Waals surface area contributed by atoms with Gasteiger partial charge >= 0.3 is 19.8 Å². The highest BCUT2D eigenvalue weighted by Crippen LogP contribution is 2.43. The van der Waals surface area contributed by atoms with Crippen molar-refractivity contribution in [3.63, 3.8) is 0 Å². The molecule has 0 saturated heterocycles. The highest BCUT2D eigenvalue weighted by Gasteiger charge is 2.27. The van der Waals surface area contributed by atoms with Crippen molar-refractivity contribution in [2.24, 2.45) is 0 Å². The first-order chi connectivity index (χ1) is 49.0. The van der Waals surface area contributed by atoms with Crippen LogP contribution in [0.2, 0.25) is 0 Å². The number of esters is 2. The van der Waals surface area contributed by atoms with Crippen LogP contribution in [0, 0.1) is 0 Å². The molecule has 0 aliphatic rings. The summed E-state index contributed by atoms with van der Waals surface area (Å²) in [5, 5.41) is 0. The summed E-state index contributed by atoms with van der Waals surface area (Å²) in [5.74, 6) is -0.793. The number of quaternary nitrogens is 1. The van der Waals surface area contributed by atoms with Crippen molar-refractivity contribution in [3.8, 4) is 0 Å². The van der Waals surface area contributed by atoms with Gasteiger partial charge in [-0.2, -0.15) is 0 Å². The second-order valence-corrected chi connectivity index (χ2v) is 30.6. The van der Waals surface area contributed by atoms with Gasteiger partial charge in [-0.1, -0.05) is 379 Å². The Hall–Kier alpha value is -3.85. The molecule has 2 atom stereocenters. The largest absolute Gasteiger partial charge is 0.472 e. The van der Waals surface area contributed by atoms with E-state index in [-0.39, 0.29) is 32.0 Å². The van der Waals surface area contributed by atoms with Gasteiger partial charge in [-0.25, -0.2) is 4.57 Å². The minimum Gasteiger partial charge on any atom is -0.462 e. The summed E-state index contributed by atoms with van der Waals surface area (Å²) in [6.07, 6.45) is 116. The molecule has 0 spiro atoms. The van der Waals surface area contributed by atoms with Gasteiger partial charge in [0.1, 0.15) is 19.8 Å². The van der Waals surface area contributed by atoms with Gasteiger partial charge in [-0.05, 0) is 116 Å². The van der Waals surface area contributed by atoms with Crippen molar-refractivity contribution in [1.29, 1.82) is 0 Å². The first-order valence-corrected chi connectivity index (χ1v) is 43.4. The van der Waals surface area contributed by atoms with Crippen LogP contribution < -0.4 is 0 Å². The highest BCUT2D eigenvalue weighted by molar-refractivity contribution is 7.47. The number of phosphoric ester groups is 1. The molecule has 576 valence electrons. The molecule has 0 heterocycles. The van der Waals surface area contributed by atoms with E-state index in [1.165, 1.54) is 231 Å². The minimum absolute atomic E-state index is 0.0271. The van der Waals surface area contributed by atoms with Crippen LogP contribution >= 0.6 is 7.82 Å². The average molecular weight is 1410 g/mol. The molecule has 2 unspecified atom stereocenters. The fourth-order valence-electron chi connectivity index (χ4n) is 11.8. The number of unbranched alkanes of at least 4 members (excludes halogenated alkanes) is 41. The molecular formula is C90H159NO8P+. The minimum atomic E-state index is -4.40. The number of ether oxygens (including phenoxy) is 2. The van der Waals surface area contributed by atoms with Crippen LogP contribution in [0.5, 0.6) is 0 Å². The number of allylic oxidation sites excluding steroid dienone is 22. The van der Waals surface area contributed by atoms with E-state index in [1.807, 2.05) is 21.1 Å². The van der Waals surface area contributed by atoms with Gasteiger partial charge in [0.2, 0.25) is 0 Å². The lowest BCUT2D eigenvalue weighted by atomic mass is 10.0. The molecule has 0 bridgehead atoms. The molecule has 0 aliphatic carbocycles. The molecule has 0 aromatic heterocycles. The zero-order valence-electron chi connectivity index (χ0n) is 65.9. The molecule has 0 saturated carbocycles. The molecule has 0 amide bonds. The van der Waals surface area contributed by atoms with Crippen LogP contribution in [-0.4, -0.2) is 74.9 Å². The van der Waals surface area contributed by atoms with Gasteiger partial charge in [-0.3, -0.25) is 18.6 Å². The Labute approximate surface area is 619 Å². The van der Waals surface area contributed by atoms with E-state index in [0.29, 0.717) is 17.4 Å². The second kappa shape index (κ2) is 79.3. The topological polar surface area (TPSA) is 108 Å². The molecule has 10 heteroatoms. The molecule has 0 aliphatic heterocycles. The molecule has 100 heavy (non-hydrogen) atoms. The number of carbonyl (C=O) groups excluding carboxylic acids is 2. The normalized spacial score (nSPS) is 13.7. The first kappa shape index (κ1) is 96.2. The predicted octanol–water partition coefficient (Wildman–Crippen LogP) is 28.3. The summed E-state index contributed by atoms with van der Waals surface area (Å²) in [4.78, 5) is 36.0. The van der Waals surface area contributed by atoms with E-state index in [0.717, 1.165) is 109 Å². The monoisotopic (exact) mass is 1410 g/mol. The maximum Gasteiger partial charge on any atom is 0.472 e. The third-order valence-electron chi connectivity index (χ3n) is 18.2. The predicted molar refractivity (Wildman–Crippen MR) is 436 cm³/mol. The summed E-state index contributed by atoms with van der Waals surface area (Å²) >= 11 is 0. The molecule has 9 nitrogen and oxygen atoms in total. The smallest absolute Gasteiger partial charge is 0.462 e. The Balaban J connectivity index is 3.95. The fraction of sp³-hybridized carbons (Fsp3) is 0.733. The Morgan fingerprint density at radius 2 is 0.570 bits per heavy atom. The number of hydrogen-bond donors (Lipinski definition) is 1. The van der Waals surface area contributed by atoms with Crippen molar-refractivity contribution in [3.05, 3.63) is 134 Å². The van der Waals surface area contributed by atoms with Crippen molar-refractivity contribution < 1.29 is 42.1 Å². The molecule has 0 fully saturated rings.